The molecule has 0 N–H and O–H groups in total. The van der Waals surface area contributed by atoms with E-state index in [1.165, 1.54) is 16.7 Å². The minimum absolute atomic E-state index is 0.331. The Morgan fingerprint density at radius 2 is 2.00 bits per heavy atom. The summed E-state index contributed by atoms with van der Waals surface area (Å²) in [6.45, 7) is 4.28. The van der Waals surface area contributed by atoms with Gasteiger partial charge in [-0.25, -0.2) is 0 Å². The Hall–Kier alpha value is -1.02. The van der Waals surface area contributed by atoms with Gasteiger partial charge in [0.2, 0.25) is 0 Å². The number of benzene rings is 1. The summed E-state index contributed by atoms with van der Waals surface area (Å²) in [6, 6.07) is 10.6. The lowest BCUT2D eigenvalue weighted by Gasteiger charge is -2.11. The van der Waals surface area contributed by atoms with Crippen molar-refractivity contribution in [3.8, 4) is 0 Å². The minimum Gasteiger partial charge on any atom is -0.469 e. The predicted molar refractivity (Wildman–Crippen MR) is 74.6 cm³/mol. The molecule has 90 valence electrons. The maximum absolute atomic E-state index is 5.47. The third-order valence-electron chi connectivity index (χ3n) is 3.10. The van der Waals surface area contributed by atoms with E-state index in [9.17, 15) is 0 Å². The summed E-state index contributed by atoms with van der Waals surface area (Å²) in [6.07, 6.45) is 3.72. The first-order chi connectivity index (χ1) is 8.22. The van der Waals surface area contributed by atoms with Crippen LogP contribution in [0.4, 0.5) is 0 Å². The van der Waals surface area contributed by atoms with Crippen LogP contribution in [0.3, 0.4) is 0 Å². The molecule has 2 aromatic rings. The van der Waals surface area contributed by atoms with Crippen LogP contribution in [0.15, 0.2) is 41.0 Å². The topological polar surface area (TPSA) is 13.1 Å². The molecule has 1 unspecified atom stereocenters. The van der Waals surface area contributed by atoms with E-state index in [0.29, 0.717) is 4.83 Å². The van der Waals surface area contributed by atoms with Gasteiger partial charge in [-0.3, -0.25) is 0 Å². The first-order valence-electron chi connectivity index (χ1n) is 5.97. The number of alkyl halides is 1. The van der Waals surface area contributed by atoms with E-state index in [1.807, 2.05) is 0 Å². The summed E-state index contributed by atoms with van der Waals surface area (Å²) in [5.74, 6) is 1.08. The summed E-state index contributed by atoms with van der Waals surface area (Å²) in [4.78, 5) is 0.331. The Labute approximate surface area is 111 Å². The molecule has 1 aromatic carbocycles. The number of rotatable bonds is 4. The maximum Gasteiger partial charge on any atom is 0.107 e. The average molecular weight is 293 g/mol. The fraction of sp³-hybridized carbons (Fsp3) is 0.333. The molecule has 1 nitrogen and oxygen atoms in total. The molecule has 0 aliphatic rings. The zero-order valence-corrected chi connectivity index (χ0v) is 11.8. The van der Waals surface area contributed by atoms with E-state index in [4.69, 9.17) is 4.42 Å². The van der Waals surface area contributed by atoms with Gasteiger partial charge in [0.25, 0.3) is 0 Å². The van der Waals surface area contributed by atoms with Gasteiger partial charge in [0.05, 0.1) is 6.26 Å². The fourth-order valence-electron chi connectivity index (χ4n) is 2.06. The first-order valence-corrected chi connectivity index (χ1v) is 6.88. The standard InChI is InChI=1S/C15H17BrO/c1-3-15-13(8-9-17-15)14(16)10-12-7-5-4-6-11(12)2/h4-9,14H,3,10H2,1-2H3. The second-order valence-electron chi connectivity index (χ2n) is 4.25. The van der Waals surface area contributed by atoms with Crippen LogP contribution in [-0.2, 0) is 12.8 Å². The van der Waals surface area contributed by atoms with E-state index in [1.54, 1.807) is 6.26 Å². The molecule has 0 saturated carbocycles. The van der Waals surface area contributed by atoms with Gasteiger partial charge >= 0.3 is 0 Å². The van der Waals surface area contributed by atoms with Crippen LogP contribution in [0.25, 0.3) is 0 Å². The van der Waals surface area contributed by atoms with Crippen LogP contribution in [-0.4, -0.2) is 0 Å². The molecule has 0 fully saturated rings. The van der Waals surface area contributed by atoms with Crippen molar-refractivity contribution in [1.29, 1.82) is 0 Å². The molecule has 17 heavy (non-hydrogen) atoms. The Balaban J connectivity index is 2.17. The Bertz CT molecular complexity index is 487. The molecule has 1 atom stereocenters. The molecule has 1 heterocycles. The van der Waals surface area contributed by atoms with E-state index >= 15 is 0 Å². The Kier molecular flexibility index (Phi) is 4.06. The highest BCUT2D eigenvalue weighted by Gasteiger charge is 2.15. The van der Waals surface area contributed by atoms with Crippen molar-refractivity contribution in [2.75, 3.05) is 0 Å². The van der Waals surface area contributed by atoms with E-state index in [-0.39, 0.29) is 0 Å². The summed E-state index contributed by atoms with van der Waals surface area (Å²) < 4.78 is 5.47. The third-order valence-corrected chi connectivity index (χ3v) is 3.92. The molecule has 0 bridgehead atoms. The summed E-state index contributed by atoms with van der Waals surface area (Å²) in [5.41, 5.74) is 4.01. The van der Waals surface area contributed by atoms with Crippen molar-refractivity contribution in [3.63, 3.8) is 0 Å². The van der Waals surface area contributed by atoms with Gasteiger partial charge in [0.15, 0.2) is 0 Å². The molecule has 0 spiro atoms. The zero-order chi connectivity index (χ0) is 12.3. The van der Waals surface area contributed by atoms with Gasteiger partial charge in [0.1, 0.15) is 5.76 Å². The predicted octanol–water partition coefficient (Wildman–Crippen LogP) is 4.83. The van der Waals surface area contributed by atoms with Crippen LogP contribution < -0.4 is 0 Å². The van der Waals surface area contributed by atoms with Crippen LogP contribution >= 0.6 is 15.9 Å². The number of halogens is 1. The highest BCUT2D eigenvalue weighted by atomic mass is 79.9. The quantitative estimate of drug-likeness (QED) is 0.736. The molecular formula is C15H17BrO. The van der Waals surface area contributed by atoms with Crippen LogP contribution in [0.5, 0.6) is 0 Å². The van der Waals surface area contributed by atoms with Crippen molar-refractivity contribution < 1.29 is 4.42 Å². The smallest absolute Gasteiger partial charge is 0.107 e. The third kappa shape index (κ3) is 2.81. The largest absolute Gasteiger partial charge is 0.469 e. The number of hydrogen-bond acceptors (Lipinski definition) is 1. The zero-order valence-electron chi connectivity index (χ0n) is 10.2. The highest BCUT2D eigenvalue weighted by molar-refractivity contribution is 9.09. The second-order valence-corrected chi connectivity index (χ2v) is 5.36. The van der Waals surface area contributed by atoms with Crippen molar-refractivity contribution in [1.82, 2.24) is 0 Å². The molecule has 2 rings (SSSR count). The van der Waals surface area contributed by atoms with Crippen molar-refractivity contribution in [3.05, 3.63) is 59.0 Å². The fourth-order valence-corrected chi connectivity index (χ4v) is 2.82. The van der Waals surface area contributed by atoms with Crippen LogP contribution in [0, 0.1) is 6.92 Å². The van der Waals surface area contributed by atoms with Gasteiger partial charge in [-0.05, 0) is 30.5 Å². The SMILES string of the molecule is CCc1occc1C(Br)Cc1ccccc1C. The van der Waals surface area contributed by atoms with Crippen molar-refractivity contribution >= 4 is 15.9 Å². The van der Waals surface area contributed by atoms with Gasteiger partial charge in [0, 0.05) is 16.8 Å². The van der Waals surface area contributed by atoms with Crippen LogP contribution in [0.1, 0.15) is 34.2 Å². The van der Waals surface area contributed by atoms with Crippen molar-refractivity contribution in [2.45, 2.75) is 31.5 Å². The molecule has 0 radical (unpaired) electrons. The lowest BCUT2D eigenvalue weighted by molar-refractivity contribution is 0.511. The lowest BCUT2D eigenvalue weighted by Crippen LogP contribution is -1.98. The summed E-state index contributed by atoms with van der Waals surface area (Å²) in [5, 5.41) is 0. The normalized spacial score (nSPS) is 12.6. The molecule has 0 aliphatic heterocycles. The number of furan rings is 1. The molecule has 0 saturated heterocycles. The van der Waals surface area contributed by atoms with E-state index in [0.717, 1.165) is 18.6 Å². The number of hydrogen-bond donors (Lipinski definition) is 0. The van der Waals surface area contributed by atoms with Gasteiger partial charge in [-0.2, -0.15) is 0 Å². The summed E-state index contributed by atoms with van der Waals surface area (Å²) in [7, 11) is 0. The summed E-state index contributed by atoms with van der Waals surface area (Å²) >= 11 is 3.77. The molecule has 0 aliphatic carbocycles. The first kappa shape index (κ1) is 12.4. The maximum atomic E-state index is 5.47. The Morgan fingerprint density at radius 3 is 2.71 bits per heavy atom. The van der Waals surface area contributed by atoms with E-state index in [2.05, 4.69) is 60.1 Å². The van der Waals surface area contributed by atoms with Gasteiger partial charge in [-0.15, -0.1) is 0 Å². The van der Waals surface area contributed by atoms with E-state index < -0.39 is 0 Å². The minimum atomic E-state index is 0.331. The lowest BCUT2D eigenvalue weighted by atomic mass is 10.0. The van der Waals surface area contributed by atoms with Crippen LogP contribution in [0.2, 0.25) is 0 Å². The highest BCUT2D eigenvalue weighted by Crippen LogP contribution is 2.31. The molecule has 1 aromatic heterocycles. The molecule has 2 heteroatoms. The number of aryl methyl sites for hydroxylation is 2. The molecular weight excluding hydrogens is 276 g/mol. The average Bonchev–Trinajstić information content (AvgIpc) is 2.80. The van der Waals surface area contributed by atoms with Crippen molar-refractivity contribution in [2.24, 2.45) is 0 Å². The van der Waals surface area contributed by atoms with Gasteiger partial charge < -0.3 is 4.42 Å². The Morgan fingerprint density at radius 1 is 1.24 bits per heavy atom. The second kappa shape index (κ2) is 5.54. The molecule has 0 amide bonds. The monoisotopic (exact) mass is 292 g/mol. The van der Waals surface area contributed by atoms with Gasteiger partial charge in [-0.1, -0.05) is 47.1 Å².